The lowest BCUT2D eigenvalue weighted by atomic mass is 10.1. The molecule has 7 nitrogen and oxygen atoms in total. The van der Waals surface area contributed by atoms with E-state index in [-0.39, 0.29) is 5.92 Å². The van der Waals surface area contributed by atoms with Gasteiger partial charge in [0.25, 0.3) is 0 Å². The van der Waals surface area contributed by atoms with Crippen LogP contribution in [0, 0.1) is 19.8 Å². The van der Waals surface area contributed by atoms with Gasteiger partial charge in [-0.25, -0.2) is 4.79 Å². The molecule has 8 heteroatoms. The largest absolute Gasteiger partial charge is 0.351 e. The Balaban J connectivity index is 2.31. The van der Waals surface area contributed by atoms with Gasteiger partial charge in [-0.05, 0) is 31.4 Å². The van der Waals surface area contributed by atoms with E-state index >= 15 is 0 Å². The second-order valence-electron chi connectivity index (χ2n) is 5.91. The normalized spacial score (nSPS) is 12.2. The first-order valence-electron chi connectivity index (χ1n) is 7.54. The van der Waals surface area contributed by atoms with Gasteiger partial charge in [-0.1, -0.05) is 43.3 Å². The predicted octanol–water partition coefficient (Wildman–Crippen LogP) is 2.20. The summed E-state index contributed by atoms with van der Waals surface area (Å²) in [7, 11) is 0. The number of hydrogen-bond acceptors (Lipinski definition) is 5. The van der Waals surface area contributed by atoms with Crippen LogP contribution < -0.4 is 11.1 Å². The Labute approximate surface area is 145 Å². The number of urea groups is 1. The molecular formula is C16H21N5O2S. The zero-order chi connectivity index (χ0) is 17.9. The van der Waals surface area contributed by atoms with Gasteiger partial charge in [0.1, 0.15) is 6.33 Å². The van der Waals surface area contributed by atoms with E-state index in [0.717, 1.165) is 11.3 Å². The average Bonchev–Trinajstić information content (AvgIpc) is 2.91. The van der Waals surface area contributed by atoms with Crippen molar-refractivity contribution in [1.29, 1.82) is 0 Å². The van der Waals surface area contributed by atoms with Crippen LogP contribution in [0.15, 0.2) is 29.7 Å². The predicted molar refractivity (Wildman–Crippen MR) is 93.0 cm³/mol. The minimum atomic E-state index is -0.859. The summed E-state index contributed by atoms with van der Waals surface area (Å²) < 4.78 is 1.84. The highest BCUT2D eigenvalue weighted by Crippen LogP contribution is 2.29. The van der Waals surface area contributed by atoms with Gasteiger partial charge in [0.05, 0.1) is 10.9 Å². The maximum absolute atomic E-state index is 12.2. The first kappa shape index (κ1) is 18.0. The van der Waals surface area contributed by atoms with Gasteiger partial charge in [0.15, 0.2) is 5.16 Å². The maximum Gasteiger partial charge on any atom is 0.318 e. The SMILES string of the molecule is Cc1ccc(-n2cnnc2SC(C(=O)NC(N)=O)C(C)C)c(C)c1. The van der Waals surface area contributed by atoms with Gasteiger partial charge in [0, 0.05) is 0 Å². The van der Waals surface area contributed by atoms with Crippen molar-refractivity contribution < 1.29 is 9.59 Å². The molecule has 1 heterocycles. The maximum atomic E-state index is 12.2. The topological polar surface area (TPSA) is 103 Å². The molecular weight excluding hydrogens is 326 g/mol. The number of thioether (sulfide) groups is 1. The fraction of sp³-hybridized carbons (Fsp3) is 0.375. The molecule has 1 aromatic heterocycles. The van der Waals surface area contributed by atoms with Gasteiger partial charge >= 0.3 is 6.03 Å². The van der Waals surface area contributed by atoms with Gasteiger partial charge in [-0.3, -0.25) is 14.7 Å². The molecule has 3 amide bonds. The average molecular weight is 347 g/mol. The first-order valence-corrected chi connectivity index (χ1v) is 8.42. The third kappa shape index (κ3) is 4.14. The molecule has 0 bridgehead atoms. The zero-order valence-corrected chi connectivity index (χ0v) is 14.9. The number of nitrogens with one attached hydrogen (secondary N) is 1. The zero-order valence-electron chi connectivity index (χ0n) is 14.1. The van der Waals surface area contributed by atoms with Crippen LogP contribution >= 0.6 is 11.8 Å². The van der Waals surface area contributed by atoms with E-state index in [2.05, 4.69) is 21.6 Å². The summed E-state index contributed by atoms with van der Waals surface area (Å²) in [6, 6.07) is 5.22. The van der Waals surface area contributed by atoms with Crippen molar-refractivity contribution >= 4 is 23.7 Å². The molecule has 128 valence electrons. The summed E-state index contributed by atoms with van der Waals surface area (Å²) >= 11 is 1.26. The van der Waals surface area contributed by atoms with Crippen LogP contribution in [0.1, 0.15) is 25.0 Å². The first-order chi connectivity index (χ1) is 11.3. The number of aromatic nitrogens is 3. The number of amides is 3. The number of carbonyl (C=O) groups is 2. The van der Waals surface area contributed by atoms with Crippen LogP contribution in [0.4, 0.5) is 4.79 Å². The molecule has 0 spiro atoms. The highest BCUT2D eigenvalue weighted by molar-refractivity contribution is 8.00. The van der Waals surface area contributed by atoms with E-state index in [1.165, 1.54) is 17.3 Å². The lowest BCUT2D eigenvalue weighted by Crippen LogP contribution is -2.42. The summed E-state index contributed by atoms with van der Waals surface area (Å²) in [6.07, 6.45) is 1.61. The smallest absolute Gasteiger partial charge is 0.318 e. The summed E-state index contributed by atoms with van der Waals surface area (Å²) in [6.45, 7) is 7.84. The van der Waals surface area contributed by atoms with E-state index in [1.807, 2.05) is 44.4 Å². The van der Waals surface area contributed by atoms with Gasteiger partial charge in [-0.15, -0.1) is 10.2 Å². The van der Waals surface area contributed by atoms with Gasteiger partial charge < -0.3 is 5.73 Å². The van der Waals surface area contributed by atoms with E-state index in [4.69, 9.17) is 5.73 Å². The molecule has 0 radical (unpaired) electrons. The van der Waals surface area contributed by atoms with Gasteiger partial charge in [0.2, 0.25) is 5.91 Å². The molecule has 0 saturated heterocycles. The van der Waals surface area contributed by atoms with Crippen molar-refractivity contribution in [3.05, 3.63) is 35.7 Å². The minimum absolute atomic E-state index is 0.0152. The van der Waals surface area contributed by atoms with Crippen molar-refractivity contribution in [3.63, 3.8) is 0 Å². The number of carbonyl (C=O) groups excluding carboxylic acids is 2. The Kier molecular flexibility index (Phi) is 5.61. The Bertz CT molecular complexity index is 757. The molecule has 1 aromatic carbocycles. The van der Waals surface area contributed by atoms with Crippen LogP contribution in [0.3, 0.4) is 0 Å². The summed E-state index contributed by atoms with van der Waals surface area (Å²) in [5, 5.41) is 10.3. The third-order valence-corrected chi connectivity index (χ3v) is 4.97. The lowest BCUT2D eigenvalue weighted by Gasteiger charge is -2.19. The molecule has 0 aliphatic carbocycles. The van der Waals surface area contributed by atoms with Crippen LogP contribution in [0.2, 0.25) is 0 Å². The van der Waals surface area contributed by atoms with Crippen LogP contribution in [0.25, 0.3) is 5.69 Å². The van der Waals surface area contributed by atoms with E-state index < -0.39 is 17.2 Å². The molecule has 0 aliphatic heterocycles. The number of primary amides is 1. The fourth-order valence-corrected chi connectivity index (χ4v) is 3.36. The third-order valence-electron chi connectivity index (χ3n) is 3.47. The van der Waals surface area contributed by atoms with Crippen LogP contribution in [0.5, 0.6) is 0 Å². The highest BCUT2D eigenvalue weighted by Gasteiger charge is 2.27. The van der Waals surface area contributed by atoms with Crippen LogP contribution in [-0.4, -0.2) is 32.0 Å². The van der Waals surface area contributed by atoms with Crippen molar-refractivity contribution in [2.24, 2.45) is 11.7 Å². The van der Waals surface area contributed by atoms with Crippen molar-refractivity contribution in [1.82, 2.24) is 20.1 Å². The number of aryl methyl sites for hydroxylation is 2. The second kappa shape index (κ2) is 7.48. The Morgan fingerprint density at radius 2 is 2.00 bits per heavy atom. The lowest BCUT2D eigenvalue weighted by molar-refractivity contribution is -0.120. The van der Waals surface area contributed by atoms with Crippen molar-refractivity contribution in [3.8, 4) is 5.69 Å². The quantitative estimate of drug-likeness (QED) is 0.807. The Morgan fingerprint density at radius 3 is 2.58 bits per heavy atom. The molecule has 0 saturated carbocycles. The molecule has 2 aromatic rings. The van der Waals surface area contributed by atoms with Crippen molar-refractivity contribution in [2.75, 3.05) is 0 Å². The monoisotopic (exact) mass is 347 g/mol. The van der Waals surface area contributed by atoms with E-state index in [9.17, 15) is 9.59 Å². The van der Waals surface area contributed by atoms with Crippen LogP contribution in [-0.2, 0) is 4.79 Å². The number of nitrogens with zero attached hydrogens (tertiary/aromatic N) is 3. The molecule has 1 atom stereocenters. The van der Waals surface area contributed by atoms with Crippen molar-refractivity contribution in [2.45, 2.75) is 38.1 Å². The fourth-order valence-electron chi connectivity index (χ4n) is 2.34. The molecule has 24 heavy (non-hydrogen) atoms. The number of rotatable bonds is 5. The molecule has 0 aliphatic rings. The van der Waals surface area contributed by atoms with E-state index in [0.29, 0.717) is 5.16 Å². The number of nitrogens with two attached hydrogens (primary N) is 1. The Hall–Kier alpha value is -2.35. The minimum Gasteiger partial charge on any atom is -0.351 e. The molecule has 3 N–H and O–H groups in total. The van der Waals surface area contributed by atoms with Gasteiger partial charge in [-0.2, -0.15) is 0 Å². The molecule has 0 fully saturated rings. The summed E-state index contributed by atoms with van der Waals surface area (Å²) in [5.41, 5.74) is 8.25. The highest BCUT2D eigenvalue weighted by atomic mass is 32.2. The second-order valence-corrected chi connectivity index (χ2v) is 7.02. The van der Waals surface area contributed by atoms with E-state index in [1.54, 1.807) is 6.33 Å². The molecule has 2 rings (SSSR count). The Morgan fingerprint density at radius 1 is 1.29 bits per heavy atom. The standard InChI is InChI=1S/C16H21N5O2S/c1-9(2)13(14(22)19-15(17)23)24-16-20-18-8-21(16)12-6-5-10(3)7-11(12)4/h5-9,13H,1-4H3,(H3,17,19,22,23). The number of hydrogen-bond donors (Lipinski definition) is 2. The summed E-state index contributed by atoms with van der Waals surface area (Å²) in [5.74, 6) is -0.448. The number of benzene rings is 1. The molecule has 1 unspecified atom stereocenters. The number of imide groups is 1. The summed E-state index contributed by atoms with van der Waals surface area (Å²) in [4.78, 5) is 23.1.